The van der Waals surface area contributed by atoms with E-state index in [1.165, 1.54) is 0 Å². The lowest BCUT2D eigenvalue weighted by Gasteiger charge is -1.91. The molecule has 4 heteroatoms. The second-order valence-electron chi connectivity index (χ2n) is 2.70. The molecule has 0 N–H and O–H groups in total. The molecular weight excluding hydrogens is 172 g/mol. The van der Waals surface area contributed by atoms with E-state index in [1.54, 1.807) is 11.3 Å². The average Bonchev–Trinajstić information content (AvgIpc) is 2.52. The van der Waals surface area contributed by atoms with Crippen LogP contribution in [0.25, 0.3) is 4.96 Å². The Morgan fingerprint density at radius 2 is 2.33 bits per heavy atom. The molecular formula is C8H8N2OS. The Hall–Kier alpha value is -1.16. The standard InChI is InChI=1S/C8H8N2OS/c1-5-4-12-8-9-6(2)7(3-11)10(5)8/h3-4H,1-2H3. The molecule has 0 unspecified atom stereocenters. The number of rotatable bonds is 1. The fourth-order valence-corrected chi connectivity index (χ4v) is 2.18. The molecule has 2 rings (SSSR count). The molecule has 0 aliphatic carbocycles. The molecule has 0 aromatic carbocycles. The number of hydrogen-bond donors (Lipinski definition) is 0. The summed E-state index contributed by atoms with van der Waals surface area (Å²) in [5.74, 6) is 0. The van der Waals surface area contributed by atoms with Crippen molar-refractivity contribution >= 4 is 22.6 Å². The van der Waals surface area contributed by atoms with E-state index in [2.05, 4.69) is 4.98 Å². The van der Waals surface area contributed by atoms with Crippen molar-refractivity contribution in [3.8, 4) is 0 Å². The summed E-state index contributed by atoms with van der Waals surface area (Å²) >= 11 is 1.56. The first-order valence-electron chi connectivity index (χ1n) is 3.62. The van der Waals surface area contributed by atoms with Crippen LogP contribution in [0.3, 0.4) is 0 Å². The minimum atomic E-state index is 0.670. The van der Waals surface area contributed by atoms with Gasteiger partial charge in [-0.1, -0.05) is 0 Å². The molecule has 0 atom stereocenters. The van der Waals surface area contributed by atoms with Crippen molar-refractivity contribution < 1.29 is 4.79 Å². The maximum absolute atomic E-state index is 10.7. The van der Waals surface area contributed by atoms with Crippen molar-refractivity contribution in [3.05, 3.63) is 22.5 Å². The third kappa shape index (κ3) is 0.814. The molecule has 0 radical (unpaired) electrons. The van der Waals surface area contributed by atoms with Crippen LogP contribution in [0.1, 0.15) is 21.9 Å². The Morgan fingerprint density at radius 3 is 3.00 bits per heavy atom. The Morgan fingerprint density at radius 1 is 1.58 bits per heavy atom. The maximum atomic E-state index is 10.7. The molecule has 2 aromatic rings. The van der Waals surface area contributed by atoms with Gasteiger partial charge in [-0.25, -0.2) is 4.98 Å². The highest BCUT2D eigenvalue weighted by Crippen LogP contribution is 2.18. The summed E-state index contributed by atoms with van der Waals surface area (Å²) in [4.78, 5) is 15.8. The van der Waals surface area contributed by atoms with Crippen molar-refractivity contribution in [2.45, 2.75) is 13.8 Å². The van der Waals surface area contributed by atoms with Crippen molar-refractivity contribution in [2.24, 2.45) is 0 Å². The van der Waals surface area contributed by atoms with E-state index in [1.807, 2.05) is 23.6 Å². The van der Waals surface area contributed by atoms with Gasteiger partial charge in [0, 0.05) is 11.1 Å². The predicted octanol–water partition coefficient (Wildman–Crippen LogP) is 1.83. The molecule has 2 aromatic heterocycles. The van der Waals surface area contributed by atoms with Crippen LogP contribution in [-0.4, -0.2) is 15.7 Å². The molecule has 62 valence electrons. The fourth-order valence-electron chi connectivity index (χ4n) is 1.26. The van der Waals surface area contributed by atoms with E-state index in [9.17, 15) is 4.79 Å². The minimum absolute atomic E-state index is 0.670. The van der Waals surface area contributed by atoms with Crippen LogP contribution in [0.4, 0.5) is 0 Å². The normalized spacial score (nSPS) is 10.8. The molecule has 0 aliphatic heterocycles. The molecule has 0 bridgehead atoms. The molecule has 0 spiro atoms. The number of thiazole rings is 1. The van der Waals surface area contributed by atoms with E-state index in [-0.39, 0.29) is 0 Å². The minimum Gasteiger partial charge on any atom is -0.296 e. The van der Waals surface area contributed by atoms with Gasteiger partial charge in [0.1, 0.15) is 5.69 Å². The SMILES string of the molecule is Cc1nc2scc(C)n2c1C=O. The quantitative estimate of drug-likeness (QED) is 0.627. The summed E-state index contributed by atoms with van der Waals surface area (Å²) in [6.45, 7) is 3.82. The second-order valence-corrected chi connectivity index (χ2v) is 3.53. The van der Waals surface area contributed by atoms with Crippen LogP contribution >= 0.6 is 11.3 Å². The van der Waals surface area contributed by atoms with Gasteiger partial charge in [-0.2, -0.15) is 0 Å². The fraction of sp³-hybridized carbons (Fsp3) is 0.250. The molecule has 2 heterocycles. The molecule has 12 heavy (non-hydrogen) atoms. The van der Waals surface area contributed by atoms with E-state index in [0.717, 1.165) is 22.6 Å². The lowest BCUT2D eigenvalue weighted by atomic mass is 10.4. The van der Waals surface area contributed by atoms with Crippen molar-refractivity contribution in [1.82, 2.24) is 9.38 Å². The molecule has 3 nitrogen and oxygen atoms in total. The zero-order valence-corrected chi connectivity index (χ0v) is 7.68. The zero-order chi connectivity index (χ0) is 8.72. The highest BCUT2D eigenvalue weighted by molar-refractivity contribution is 7.15. The molecule has 0 saturated carbocycles. The van der Waals surface area contributed by atoms with Gasteiger partial charge in [-0.05, 0) is 13.8 Å². The van der Waals surface area contributed by atoms with Crippen molar-refractivity contribution in [2.75, 3.05) is 0 Å². The summed E-state index contributed by atoms with van der Waals surface area (Å²) in [7, 11) is 0. The Bertz CT molecular complexity index is 441. The Labute approximate surface area is 73.7 Å². The molecule has 0 saturated heterocycles. The van der Waals surface area contributed by atoms with Gasteiger partial charge in [-0.15, -0.1) is 11.3 Å². The molecule has 0 fully saturated rings. The zero-order valence-electron chi connectivity index (χ0n) is 6.87. The lowest BCUT2D eigenvalue weighted by molar-refractivity contribution is 0.111. The van der Waals surface area contributed by atoms with Crippen molar-refractivity contribution in [3.63, 3.8) is 0 Å². The van der Waals surface area contributed by atoms with Crippen LogP contribution < -0.4 is 0 Å². The Kier molecular flexibility index (Phi) is 1.51. The molecule has 0 aliphatic rings. The largest absolute Gasteiger partial charge is 0.296 e. The third-order valence-electron chi connectivity index (χ3n) is 1.87. The maximum Gasteiger partial charge on any atom is 0.194 e. The number of imidazole rings is 1. The third-order valence-corrected chi connectivity index (χ3v) is 2.81. The number of carbonyl (C=O) groups excluding carboxylic acids is 1. The smallest absolute Gasteiger partial charge is 0.194 e. The topological polar surface area (TPSA) is 34.4 Å². The first-order valence-corrected chi connectivity index (χ1v) is 4.50. The monoisotopic (exact) mass is 180 g/mol. The number of aldehydes is 1. The number of aryl methyl sites for hydroxylation is 2. The van der Waals surface area contributed by atoms with Gasteiger partial charge in [0.15, 0.2) is 11.2 Å². The summed E-state index contributed by atoms with van der Waals surface area (Å²) in [6, 6.07) is 0. The van der Waals surface area contributed by atoms with Crippen LogP contribution in [0, 0.1) is 13.8 Å². The summed E-state index contributed by atoms with van der Waals surface area (Å²) in [5.41, 5.74) is 2.54. The van der Waals surface area contributed by atoms with Crippen LogP contribution in [0.15, 0.2) is 5.38 Å². The van der Waals surface area contributed by atoms with Gasteiger partial charge in [0.2, 0.25) is 0 Å². The highest BCUT2D eigenvalue weighted by atomic mass is 32.1. The van der Waals surface area contributed by atoms with Gasteiger partial charge in [0.25, 0.3) is 0 Å². The Balaban J connectivity index is 2.93. The number of aromatic nitrogens is 2. The first-order chi connectivity index (χ1) is 5.74. The predicted molar refractivity (Wildman–Crippen MR) is 47.9 cm³/mol. The van der Waals surface area contributed by atoms with E-state index in [4.69, 9.17) is 0 Å². The van der Waals surface area contributed by atoms with Gasteiger partial charge in [0.05, 0.1) is 5.69 Å². The van der Waals surface area contributed by atoms with Crippen LogP contribution in [0.5, 0.6) is 0 Å². The van der Waals surface area contributed by atoms with E-state index < -0.39 is 0 Å². The number of carbonyl (C=O) groups is 1. The van der Waals surface area contributed by atoms with Gasteiger partial charge in [-0.3, -0.25) is 9.20 Å². The highest BCUT2D eigenvalue weighted by Gasteiger charge is 2.10. The molecule has 0 amide bonds. The second kappa shape index (κ2) is 2.42. The number of nitrogens with zero attached hydrogens (tertiary/aromatic N) is 2. The van der Waals surface area contributed by atoms with E-state index in [0.29, 0.717) is 5.69 Å². The number of hydrogen-bond acceptors (Lipinski definition) is 3. The summed E-state index contributed by atoms with van der Waals surface area (Å²) < 4.78 is 1.88. The van der Waals surface area contributed by atoms with Crippen LogP contribution in [-0.2, 0) is 0 Å². The first kappa shape index (κ1) is 7.49. The lowest BCUT2D eigenvalue weighted by Crippen LogP contribution is -1.92. The van der Waals surface area contributed by atoms with Gasteiger partial charge >= 0.3 is 0 Å². The summed E-state index contributed by atoms with van der Waals surface area (Å²) in [6.07, 6.45) is 0.856. The van der Waals surface area contributed by atoms with Gasteiger partial charge < -0.3 is 0 Å². The summed E-state index contributed by atoms with van der Waals surface area (Å²) in [5, 5.41) is 1.99. The van der Waals surface area contributed by atoms with E-state index >= 15 is 0 Å². The van der Waals surface area contributed by atoms with Crippen LogP contribution in [0.2, 0.25) is 0 Å². The number of fused-ring (bicyclic) bond motifs is 1. The van der Waals surface area contributed by atoms with Crippen molar-refractivity contribution in [1.29, 1.82) is 0 Å². The average molecular weight is 180 g/mol.